The van der Waals surface area contributed by atoms with E-state index in [1.165, 1.54) is 0 Å². The van der Waals surface area contributed by atoms with Gasteiger partial charge in [-0.3, -0.25) is 9.59 Å². The summed E-state index contributed by atoms with van der Waals surface area (Å²) in [7, 11) is 0. The number of amides is 1. The average molecular weight is 427 g/mol. The molecule has 32 heavy (non-hydrogen) atoms. The Hall–Kier alpha value is -3.73. The number of Topliss-reactive ketones (excluding diaryl/α,β-unsaturated/α-hetero) is 1. The second-order valence-corrected chi connectivity index (χ2v) is 8.03. The number of hydrogen-bond donors (Lipinski definition) is 1. The Balaban J connectivity index is 1.50. The molecule has 0 bridgehead atoms. The van der Waals surface area contributed by atoms with Crippen LogP contribution in [0.5, 0.6) is 0 Å². The van der Waals surface area contributed by atoms with Crippen LogP contribution in [-0.2, 0) is 17.6 Å². The molecule has 0 spiro atoms. The lowest BCUT2D eigenvalue weighted by Crippen LogP contribution is -2.44. The molecule has 162 valence electrons. The Bertz CT molecular complexity index is 1150. The van der Waals surface area contributed by atoms with E-state index in [0.29, 0.717) is 30.4 Å². The molecule has 0 fully saturated rings. The maximum absolute atomic E-state index is 13.3. The summed E-state index contributed by atoms with van der Waals surface area (Å²) in [5, 5.41) is 2.96. The van der Waals surface area contributed by atoms with E-state index >= 15 is 0 Å². The lowest BCUT2D eigenvalue weighted by atomic mass is 9.98. The zero-order valence-corrected chi connectivity index (χ0v) is 18.0. The number of hydrogen-bond acceptors (Lipinski definition) is 4. The number of carbonyl (C=O) groups excluding carboxylic acids is 2. The molecular weight excluding hydrogens is 400 g/mol. The van der Waals surface area contributed by atoms with Crippen molar-refractivity contribution in [3.63, 3.8) is 0 Å². The third kappa shape index (κ3) is 5.30. The summed E-state index contributed by atoms with van der Waals surface area (Å²) in [5.41, 5.74) is 3.37. The summed E-state index contributed by atoms with van der Waals surface area (Å²) in [6, 6.07) is 26.3. The van der Waals surface area contributed by atoms with Gasteiger partial charge in [0.15, 0.2) is 5.58 Å². The molecule has 0 aliphatic carbocycles. The minimum Gasteiger partial charge on any atom is -0.434 e. The highest BCUT2D eigenvalue weighted by Gasteiger charge is 2.28. The first-order chi connectivity index (χ1) is 15.6. The van der Waals surface area contributed by atoms with Crippen LogP contribution in [0.3, 0.4) is 0 Å². The number of ketones is 1. The maximum atomic E-state index is 13.3. The smallest absolute Gasteiger partial charge is 0.266 e. The normalized spacial score (nSPS) is 12.9. The van der Waals surface area contributed by atoms with Crippen molar-refractivity contribution in [3.8, 4) is 0 Å². The van der Waals surface area contributed by atoms with Gasteiger partial charge >= 0.3 is 0 Å². The van der Waals surface area contributed by atoms with Crippen molar-refractivity contribution in [2.45, 2.75) is 32.2 Å². The van der Waals surface area contributed by atoms with Crippen LogP contribution >= 0.6 is 0 Å². The number of rotatable bonds is 9. The topological polar surface area (TPSA) is 72.2 Å². The van der Waals surface area contributed by atoms with Crippen LogP contribution in [0.15, 0.2) is 89.3 Å². The molecule has 5 heteroatoms. The minimum atomic E-state index is -0.714. The first-order valence-corrected chi connectivity index (χ1v) is 10.9. The van der Waals surface area contributed by atoms with E-state index in [2.05, 4.69) is 10.3 Å². The molecule has 0 saturated carbocycles. The third-order valence-electron chi connectivity index (χ3n) is 5.53. The van der Waals surface area contributed by atoms with Crippen molar-refractivity contribution in [2.75, 3.05) is 0 Å². The van der Waals surface area contributed by atoms with E-state index in [-0.39, 0.29) is 23.5 Å². The van der Waals surface area contributed by atoms with Gasteiger partial charge in [0.25, 0.3) is 5.89 Å². The molecule has 2 atom stereocenters. The van der Waals surface area contributed by atoms with Gasteiger partial charge in [0.1, 0.15) is 5.52 Å². The van der Waals surface area contributed by atoms with Crippen molar-refractivity contribution >= 4 is 22.8 Å². The molecule has 5 nitrogen and oxygen atoms in total. The predicted molar refractivity (Wildman–Crippen MR) is 124 cm³/mol. The minimum absolute atomic E-state index is 0.0280. The molecule has 0 radical (unpaired) electrons. The number of fused-ring (bicyclic) bond motifs is 1. The molecule has 1 aromatic heterocycles. The fourth-order valence-electron chi connectivity index (χ4n) is 3.73. The SMILES string of the molecule is CC(Cc1ccccc1)C(=O)N[C@@H](CCc1ccccc1)C(=O)c1nc2ccccc2o1. The van der Waals surface area contributed by atoms with Gasteiger partial charge in [-0.1, -0.05) is 79.7 Å². The van der Waals surface area contributed by atoms with Crippen molar-refractivity contribution in [2.24, 2.45) is 5.92 Å². The Morgan fingerprint density at radius 3 is 2.19 bits per heavy atom. The lowest BCUT2D eigenvalue weighted by molar-refractivity contribution is -0.125. The molecule has 1 heterocycles. The summed E-state index contributed by atoms with van der Waals surface area (Å²) in [6.07, 6.45) is 1.73. The van der Waals surface area contributed by atoms with Crippen LogP contribution in [-0.4, -0.2) is 22.7 Å². The van der Waals surface area contributed by atoms with E-state index in [9.17, 15) is 9.59 Å². The van der Waals surface area contributed by atoms with Crippen LogP contribution in [0.2, 0.25) is 0 Å². The maximum Gasteiger partial charge on any atom is 0.266 e. The van der Waals surface area contributed by atoms with E-state index in [0.717, 1.165) is 11.1 Å². The van der Waals surface area contributed by atoms with Gasteiger partial charge < -0.3 is 9.73 Å². The van der Waals surface area contributed by atoms with Gasteiger partial charge in [0.2, 0.25) is 11.7 Å². The fraction of sp³-hybridized carbons (Fsp3) is 0.222. The number of aryl methyl sites for hydroxylation is 1. The zero-order chi connectivity index (χ0) is 22.3. The standard InChI is InChI=1S/C27H26N2O3/c1-19(18-21-12-6-3-7-13-21)26(31)28-23(17-16-20-10-4-2-5-11-20)25(30)27-29-22-14-8-9-15-24(22)32-27/h2-15,19,23H,16-18H2,1H3,(H,28,31)/t19?,23-/m0/s1. The Kier molecular flexibility index (Phi) is 6.75. The molecular formula is C27H26N2O3. The highest BCUT2D eigenvalue weighted by Crippen LogP contribution is 2.18. The van der Waals surface area contributed by atoms with E-state index in [1.54, 1.807) is 12.1 Å². The molecule has 4 rings (SSSR count). The quantitative estimate of drug-likeness (QED) is 0.382. The van der Waals surface area contributed by atoms with Crippen molar-refractivity contribution in [1.82, 2.24) is 10.3 Å². The van der Waals surface area contributed by atoms with Gasteiger partial charge in [0, 0.05) is 5.92 Å². The van der Waals surface area contributed by atoms with Gasteiger partial charge in [-0.2, -0.15) is 0 Å². The molecule has 0 aliphatic rings. The van der Waals surface area contributed by atoms with Crippen molar-refractivity contribution < 1.29 is 14.0 Å². The summed E-state index contributed by atoms with van der Waals surface area (Å²) < 4.78 is 5.69. The van der Waals surface area contributed by atoms with E-state index in [4.69, 9.17) is 4.42 Å². The number of carbonyl (C=O) groups is 2. The van der Waals surface area contributed by atoms with Gasteiger partial charge in [0.05, 0.1) is 6.04 Å². The molecule has 0 aliphatic heterocycles. The monoisotopic (exact) mass is 426 g/mol. The summed E-state index contributed by atoms with van der Waals surface area (Å²) in [5.74, 6) is -0.706. The highest BCUT2D eigenvalue weighted by molar-refractivity contribution is 6.00. The largest absolute Gasteiger partial charge is 0.434 e. The number of para-hydroxylation sites is 2. The predicted octanol–water partition coefficient (Wildman–Crippen LogP) is 5.01. The summed E-state index contributed by atoms with van der Waals surface area (Å²) >= 11 is 0. The highest BCUT2D eigenvalue weighted by atomic mass is 16.4. The Morgan fingerprint density at radius 1 is 0.875 bits per heavy atom. The number of nitrogens with zero attached hydrogens (tertiary/aromatic N) is 1. The van der Waals surface area contributed by atoms with Crippen molar-refractivity contribution in [3.05, 3.63) is 102 Å². The van der Waals surface area contributed by atoms with Gasteiger partial charge in [-0.25, -0.2) is 4.98 Å². The van der Waals surface area contributed by atoms with Crippen LogP contribution in [0.4, 0.5) is 0 Å². The number of benzene rings is 3. The average Bonchev–Trinajstić information content (AvgIpc) is 3.27. The lowest BCUT2D eigenvalue weighted by Gasteiger charge is -2.19. The second-order valence-electron chi connectivity index (χ2n) is 8.03. The first kappa shape index (κ1) is 21.5. The number of aromatic nitrogens is 1. The molecule has 3 aromatic carbocycles. The van der Waals surface area contributed by atoms with Gasteiger partial charge in [-0.15, -0.1) is 0 Å². The van der Waals surface area contributed by atoms with E-state index in [1.807, 2.05) is 79.7 Å². The van der Waals surface area contributed by atoms with Crippen LogP contribution in [0, 0.1) is 5.92 Å². The Morgan fingerprint density at radius 2 is 1.50 bits per heavy atom. The van der Waals surface area contributed by atoms with Gasteiger partial charge in [-0.05, 0) is 42.5 Å². The molecule has 0 saturated heterocycles. The third-order valence-corrected chi connectivity index (χ3v) is 5.53. The van der Waals surface area contributed by atoms with Crippen LogP contribution < -0.4 is 5.32 Å². The number of nitrogens with one attached hydrogen (secondary N) is 1. The van der Waals surface area contributed by atoms with Crippen LogP contribution in [0.1, 0.15) is 35.2 Å². The molecule has 1 amide bonds. The molecule has 1 unspecified atom stereocenters. The molecule has 1 N–H and O–H groups in total. The Labute approximate surface area is 187 Å². The van der Waals surface area contributed by atoms with E-state index < -0.39 is 6.04 Å². The zero-order valence-electron chi connectivity index (χ0n) is 18.0. The van der Waals surface area contributed by atoms with Crippen molar-refractivity contribution in [1.29, 1.82) is 0 Å². The fourth-order valence-corrected chi connectivity index (χ4v) is 3.73. The summed E-state index contributed by atoms with van der Waals surface area (Å²) in [4.78, 5) is 30.6. The first-order valence-electron chi connectivity index (χ1n) is 10.9. The summed E-state index contributed by atoms with van der Waals surface area (Å²) in [6.45, 7) is 1.88. The van der Waals surface area contributed by atoms with Crippen LogP contribution in [0.25, 0.3) is 11.1 Å². The number of oxazole rings is 1. The second kappa shape index (κ2) is 10.1. The molecule has 4 aromatic rings.